The van der Waals surface area contributed by atoms with E-state index in [0.29, 0.717) is 19.5 Å². The molecule has 1 heterocycles. The van der Waals surface area contributed by atoms with E-state index in [4.69, 9.17) is 9.57 Å². The second-order valence-corrected chi connectivity index (χ2v) is 8.93. The number of methoxy groups -OCH3 is 1. The molecule has 168 valence electrons. The predicted molar refractivity (Wildman–Crippen MR) is 125 cm³/mol. The average Bonchev–Trinajstić information content (AvgIpc) is 3.14. The van der Waals surface area contributed by atoms with Gasteiger partial charge >= 0.3 is 0 Å². The molecule has 0 aliphatic carbocycles. The molecule has 0 radical (unpaired) electrons. The normalized spacial score (nSPS) is 22.3. The molecule has 2 aromatic rings. The highest BCUT2D eigenvalue weighted by molar-refractivity contribution is 14.1. The first-order valence-corrected chi connectivity index (χ1v) is 11.4. The monoisotopic (exact) mass is 540 g/mol. The lowest BCUT2D eigenvalue weighted by Gasteiger charge is -2.26. The van der Waals surface area contributed by atoms with Crippen LogP contribution < -0.4 is 10.1 Å². The third-order valence-electron chi connectivity index (χ3n) is 5.48. The van der Waals surface area contributed by atoms with Crippen molar-refractivity contribution in [3.05, 3.63) is 63.2 Å². The second kappa shape index (κ2) is 11.2. The summed E-state index contributed by atoms with van der Waals surface area (Å²) in [5, 5.41) is 24.7. The number of rotatable bonds is 9. The zero-order valence-electron chi connectivity index (χ0n) is 17.7. The number of nitrogens with zero attached hydrogens (tertiary/aromatic N) is 1. The van der Waals surface area contributed by atoms with Crippen molar-refractivity contribution in [1.82, 2.24) is 10.4 Å². The van der Waals surface area contributed by atoms with Gasteiger partial charge in [-0.3, -0.25) is 9.63 Å². The Balaban J connectivity index is 1.70. The Morgan fingerprint density at radius 3 is 2.65 bits per heavy atom. The molecule has 1 saturated heterocycles. The zero-order valence-corrected chi connectivity index (χ0v) is 19.9. The van der Waals surface area contributed by atoms with Gasteiger partial charge in [-0.05, 0) is 71.3 Å². The smallest absolute Gasteiger partial charge is 0.240 e. The molecular weight excluding hydrogens is 511 g/mol. The van der Waals surface area contributed by atoms with Crippen LogP contribution in [0.3, 0.4) is 0 Å². The number of carbonyl (C=O) groups excluding carboxylic acids is 1. The van der Waals surface area contributed by atoms with Crippen LogP contribution in [-0.2, 0) is 22.6 Å². The largest absolute Gasteiger partial charge is 0.497 e. The van der Waals surface area contributed by atoms with Gasteiger partial charge in [0.1, 0.15) is 17.9 Å². The Morgan fingerprint density at radius 2 is 2.00 bits per heavy atom. The van der Waals surface area contributed by atoms with Crippen LogP contribution in [0.2, 0.25) is 0 Å². The predicted octanol–water partition coefficient (Wildman–Crippen LogP) is 2.13. The number of carbonyl (C=O) groups is 1. The summed E-state index contributed by atoms with van der Waals surface area (Å²) < 4.78 is 6.36. The maximum atomic E-state index is 13.1. The first-order chi connectivity index (χ1) is 14.9. The number of amides is 1. The van der Waals surface area contributed by atoms with Gasteiger partial charge in [0.05, 0.1) is 26.4 Å². The molecular formula is C23H29IN2O5. The van der Waals surface area contributed by atoms with E-state index in [0.717, 1.165) is 20.4 Å². The molecule has 0 saturated carbocycles. The highest BCUT2D eigenvalue weighted by Gasteiger charge is 2.49. The summed E-state index contributed by atoms with van der Waals surface area (Å²) in [6.45, 7) is 2.18. The SMILES string of the molecule is COc1cccc(CCNC(=O)[C@H]2[C@@H]([C@@H](C)O)[C@@H](CO)ON2Cc2ccc(I)cc2)c1. The summed E-state index contributed by atoms with van der Waals surface area (Å²) in [6, 6.07) is 14.9. The number of halogens is 1. The van der Waals surface area contributed by atoms with E-state index in [2.05, 4.69) is 27.9 Å². The van der Waals surface area contributed by atoms with E-state index in [-0.39, 0.29) is 12.5 Å². The van der Waals surface area contributed by atoms with E-state index in [1.807, 2.05) is 48.5 Å². The highest BCUT2D eigenvalue weighted by atomic mass is 127. The number of benzene rings is 2. The number of hydrogen-bond donors (Lipinski definition) is 3. The summed E-state index contributed by atoms with van der Waals surface area (Å²) in [6.07, 6.45) is -0.804. The molecule has 2 aromatic carbocycles. The fraction of sp³-hybridized carbons (Fsp3) is 0.435. The first kappa shape index (κ1) is 23.9. The minimum atomic E-state index is -0.812. The maximum absolute atomic E-state index is 13.1. The number of ether oxygens (including phenoxy) is 1. The van der Waals surface area contributed by atoms with Gasteiger partial charge < -0.3 is 20.3 Å². The summed E-state index contributed by atoms with van der Waals surface area (Å²) in [4.78, 5) is 19.0. The summed E-state index contributed by atoms with van der Waals surface area (Å²) in [7, 11) is 1.62. The van der Waals surface area contributed by atoms with Crippen molar-refractivity contribution in [1.29, 1.82) is 0 Å². The second-order valence-electron chi connectivity index (χ2n) is 7.68. The minimum absolute atomic E-state index is 0.227. The van der Waals surface area contributed by atoms with Crippen molar-refractivity contribution >= 4 is 28.5 Å². The number of hydrogen-bond acceptors (Lipinski definition) is 6. The Kier molecular flexibility index (Phi) is 8.67. The molecule has 7 nitrogen and oxygen atoms in total. The molecule has 1 aliphatic heterocycles. The lowest BCUT2D eigenvalue weighted by Crippen LogP contribution is -2.49. The van der Waals surface area contributed by atoms with Crippen LogP contribution in [0.4, 0.5) is 0 Å². The Labute approximate surface area is 196 Å². The van der Waals surface area contributed by atoms with Crippen molar-refractivity contribution < 1.29 is 24.6 Å². The molecule has 31 heavy (non-hydrogen) atoms. The molecule has 3 N–H and O–H groups in total. The highest BCUT2D eigenvalue weighted by Crippen LogP contribution is 2.32. The Morgan fingerprint density at radius 1 is 1.26 bits per heavy atom. The average molecular weight is 540 g/mol. The quantitative estimate of drug-likeness (QED) is 0.423. The zero-order chi connectivity index (χ0) is 22.4. The number of hydroxylamine groups is 2. The van der Waals surface area contributed by atoms with Gasteiger partial charge in [0.15, 0.2) is 0 Å². The van der Waals surface area contributed by atoms with E-state index in [1.54, 1.807) is 19.1 Å². The summed E-state index contributed by atoms with van der Waals surface area (Å²) in [5.41, 5.74) is 2.04. The molecule has 8 heteroatoms. The molecule has 1 aliphatic rings. The van der Waals surface area contributed by atoms with Gasteiger partial charge in [0.2, 0.25) is 5.91 Å². The lowest BCUT2D eigenvalue weighted by atomic mass is 9.89. The van der Waals surface area contributed by atoms with Gasteiger partial charge in [-0.1, -0.05) is 24.3 Å². The van der Waals surface area contributed by atoms with Crippen molar-refractivity contribution in [2.24, 2.45) is 5.92 Å². The Hall–Kier alpha value is -1.72. The van der Waals surface area contributed by atoms with E-state index in [1.165, 1.54) is 0 Å². The fourth-order valence-corrected chi connectivity index (χ4v) is 4.27. The van der Waals surface area contributed by atoms with Crippen LogP contribution in [0, 0.1) is 9.49 Å². The summed E-state index contributed by atoms with van der Waals surface area (Å²) in [5.74, 6) is 0.0117. The first-order valence-electron chi connectivity index (χ1n) is 10.3. The Bertz CT molecular complexity index is 861. The third-order valence-corrected chi connectivity index (χ3v) is 6.20. The number of aliphatic hydroxyl groups excluding tert-OH is 2. The molecule has 1 fully saturated rings. The maximum Gasteiger partial charge on any atom is 0.240 e. The van der Waals surface area contributed by atoms with E-state index >= 15 is 0 Å². The van der Waals surface area contributed by atoms with Gasteiger partial charge in [-0.25, -0.2) is 0 Å². The van der Waals surface area contributed by atoms with Crippen LogP contribution in [0.15, 0.2) is 48.5 Å². The van der Waals surface area contributed by atoms with Crippen LogP contribution in [0.5, 0.6) is 5.75 Å². The van der Waals surface area contributed by atoms with E-state index in [9.17, 15) is 15.0 Å². The molecule has 4 atom stereocenters. The number of aliphatic hydroxyl groups is 2. The van der Waals surface area contributed by atoms with Crippen molar-refractivity contribution in [2.75, 3.05) is 20.3 Å². The third kappa shape index (κ3) is 6.17. The van der Waals surface area contributed by atoms with Crippen LogP contribution in [0.1, 0.15) is 18.1 Å². The van der Waals surface area contributed by atoms with Gasteiger partial charge in [0, 0.05) is 16.0 Å². The number of nitrogens with one attached hydrogen (secondary N) is 1. The van der Waals surface area contributed by atoms with Crippen molar-refractivity contribution in [2.45, 2.75) is 38.1 Å². The van der Waals surface area contributed by atoms with Gasteiger partial charge in [-0.15, -0.1) is 0 Å². The van der Waals surface area contributed by atoms with Crippen LogP contribution in [0.25, 0.3) is 0 Å². The van der Waals surface area contributed by atoms with Gasteiger partial charge in [0.25, 0.3) is 0 Å². The van der Waals surface area contributed by atoms with Crippen molar-refractivity contribution in [3.8, 4) is 5.75 Å². The lowest BCUT2D eigenvalue weighted by molar-refractivity contribution is -0.181. The molecule has 0 spiro atoms. The molecule has 1 amide bonds. The topological polar surface area (TPSA) is 91.3 Å². The van der Waals surface area contributed by atoms with Gasteiger partial charge in [-0.2, -0.15) is 5.06 Å². The van der Waals surface area contributed by atoms with E-state index < -0.39 is 24.2 Å². The standard InChI is InChI=1S/C23H29IN2O5/c1-15(28)21-20(14-27)31-26(13-17-6-8-18(24)9-7-17)22(21)23(29)25-11-10-16-4-3-5-19(12-16)30-2/h3-9,12,15,20-22,27-28H,10-11,13-14H2,1-2H3,(H,25,29)/t15-,20-,21+,22-/m1/s1. The van der Waals surface area contributed by atoms with Crippen molar-refractivity contribution in [3.63, 3.8) is 0 Å². The fourth-order valence-electron chi connectivity index (χ4n) is 3.91. The summed E-state index contributed by atoms with van der Waals surface area (Å²) >= 11 is 2.24. The molecule has 0 bridgehead atoms. The molecule has 3 rings (SSSR count). The minimum Gasteiger partial charge on any atom is -0.497 e. The molecule has 0 aromatic heterocycles. The van der Waals surface area contributed by atoms with Crippen LogP contribution >= 0.6 is 22.6 Å². The molecule has 0 unspecified atom stereocenters. The van der Waals surface area contributed by atoms with Crippen LogP contribution in [-0.4, -0.2) is 59.7 Å².